The fraction of sp³-hybridized carbons (Fsp3) is 0.200. The van der Waals surface area contributed by atoms with Crippen LogP contribution in [0, 0.1) is 13.8 Å². The third-order valence-corrected chi connectivity index (χ3v) is 3.25. The van der Waals surface area contributed by atoms with Gasteiger partial charge in [-0.1, -0.05) is 17.7 Å². The second kappa shape index (κ2) is 5.32. The van der Waals surface area contributed by atoms with E-state index in [0.717, 1.165) is 33.2 Å². The van der Waals surface area contributed by atoms with Gasteiger partial charge in [-0.3, -0.25) is 9.98 Å². The van der Waals surface area contributed by atoms with Gasteiger partial charge in [0, 0.05) is 22.6 Å². The predicted octanol–water partition coefficient (Wildman–Crippen LogP) is 4.49. The quantitative estimate of drug-likeness (QED) is 0.729. The molecule has 0 fully saturated rings. The minimum Gasteiger partial charge on any atom is -0.262 e. The van der Waals surface area contributed by atoms with E-state index in [4.69, 9.17) is 11.6 Å². The number of aryl methyl sites for hydroxylation is 1. The second-order valence-corrected chi connectivity index (χ2v) is 4.67. The van der Waals surface area contributed by atoms with Crippen molar-refractivity contribution in [2.24, 2.45) is 4.99 Å². The normalized spacial score (nSPS) is 11.7. The van der Waals surface area contributed by atoms with Gasteiger partial charge in [-0.15, -0.1) is 0 Å². The van der Waals surface area contributed by atoms with Crippen LogP contribution in [0.1, 0.15) is 23.7 Å². The van der Waals surface area contributed by atoms with Crippen LogP contribution in [0.25, 0.3) is 0 Å². The molecule has 0 saturated heterocycles. The number of nitrogens with zero attached hydrogens (tertiary/aromatic N) is 2. The van der Waals surface area contributed by atoms with Gasteiger partial charge in [-0.05, 0) is 56.2 Å². The molecule has 2 rings (SSSR count). The predicted molar refractivity (Wildman–Crippen MR) is 77.0 cm³/mol. The molecule has 0 saturated carbocycles. The molecule has 92 valence electrons. The first-order chi connectivity index (χ1) is 8.58. The molecule has 0 aliphatic carbocycles. The van der Waals surface area contributed by atoms with Gasteiger partial charge >= 0.3 is 0 Å². The number of aromatic nitrogens is 1. The van der Waals surface area contributed by atoms with Crippen LogP contribution in [0.3, 0.4) is 0 Å². The zero-order valence-corrected chi connectivity index (χ0v) is 11.5. The first-order valence-corrected chi connectivity index (χ1v) is 6.19. The summed E-state index contributed by atoms with van der Waals surface area (Å²) < 4.78 is 0. The van der Waals surface area contributed by atoms with Gasteiger partial charge < -0.3 is 0 Å². The molecule has 3 heteroatoms. The third-order valence-electron chi connectivity index (χ3n) is 2.84. The molecular weight excluding hydrogens is 244 g/mol. The first-order valence-electron chi connectivity index (χ1n) is 5.81. The maximum Gasteiger partial charge on any atom is 0.0677 e. The monoisotopic (exact) mass is 258 g/mol. The molecule has 0 aliphatic rings. The van der Waals surface area contributed by atoms with Crippen LogP contribution in [-0.2, 0) is 0 Å². The van der Waals surface area contributed by atoms with Gasteiger partial charge in [-0.2, -0.15) is 0 Å². The summed E-state index contributed by atoms with van der Waals surface area (Å²) >= 11 is 6.09. The highest BCUT2D eigenvalue weighted by Crippen LogP contribution is 2.26. The summed E-state index contributed by atoms with van der Waals surface area (Å²) in [5, 5.41) is 0.745. The molecule has 0 radical (unpaired) electrons. The maximum atomic E-state index is 6.09. The fourth-order valence-corrected chi connectivity index (χ4v) is 1.90. The Morgan fingerprint density at radius 3 is 2.72 bits per heavy atom. The lowest BCUT2D eigenvalue weighted by Gasteiger charge is -2.05. The molecule has 2 aromatic rings. The largest absolute Gasteiger partial charge is 0.262 e. The molecule has 0 spiro atoms. The lowest BCUT2D eigenvalue weighted by molar-refractivity contribution is 1.19. The highest BCUT2D eigenvalue weighted by atomic mass is 35.5. The second-order valence-electron chi connectivity index (χ2n) is 4.27. The fourth-order valence-electron chi connectivity index (χ4n) is 1.73. The molecular formula is C15H15ClN2. The van der Waals surface area contributed by atoms with Crippen LogP contribution < -0.4 is 0 Å². The Labute approximate surface area is 112 Å². The Morgan fingerprint density at radius 1 is 1.22 bits per heavy atom. The van der Waals surface area contributed by atoms with Crippen molar-refractivity contribution in [3.63, 3.8) is 0 Å². The van der Waals surface area contributed by atoms with E-state index >= 15 is 0 Å². The minimum atomic E-state index is 0.745. The van der Waals surface area contributed by atoms with Gasteiger partial charge in [0.2, 0.25) is 0 Å². The minimum absolute atomic E-state index is 0.745. The number of rotatable bonds is 2. The number of pyridine rings is 1. The number of halogens is 1. The van der Waals surface area contributed by atoms with E-state index in [2.05, 4.69) is 9.98 Å². The SMILES string of the molecule is C/C(=N\c1cccc(Cl)c1C)c1ccnc(C)c1. The molecule has 1 aromatic carbocycles. The van der Waals surface area contributed by atoms with Gasteiger partial charge in [0.05, 0.1) is 5.69 Å². The summed E-state index contributed by atoms with van der Waals surface area (Å²) in [7, 11) is 0. The molecule has 0 N–H and O–H groups in total. The van der Waals surface area contributed by atoms with E-state index in [-0.39, 0.29) is 0 Å². The van der Waals surface area contributed by atoms with E-state index in [1.165, 1.54) is 0 Å². The lowest BCUT2D eigenvalue weighted by atomic mass is 10.1. The Hall–Kier alpha value is -1.67. The maximum absolute atomic E-state index is 6.09. The Bertz CT molecular complexity index is 603. The van der Waals surface area contributed by atoms with Crippen molar-refractivity contribution in [2.75, 3.05) is 0 Å². The van der Waals surface area contributed by atoms with Crippen molar-refractivity contribution in [1.29, 1.82) is 0 Å². The smallest absolute Gasteiger partial charge is 0.0677 e. The molecule has 2 nitrogen and oxygen atoms in total. The van der Waals surface area contributed by atoms with Gasteiger partial charge in [0.25, 0.3) is 0 Å². The van der Waals surface area contributed by atoms with Gasteiger partial charge in [-0.25, -0.2) is 0 Å². The Morgan fingerprint density at radius 2 is 2.00 bits per heavy atom. The van der Waals surface area contributed by atoms with Crippen LogP contribution in [-0.4, -0.2) is 10.7 Å². The Balaban J connectivity index is 2.42. The molecule has 0 amide bonds. The van der Waals surface area contributed by atoms with E-state index < -0.39 is 0 Å². The number of aliphatic imine (C=N–C) groups is 1. The highest BCUT2D eigenvalue weighted by Gasteiger charge is 2.03. The molecule has 0 bridgehead atoms. The standard InChI is InChI=1S/C15H15ClN2/c1-10-9-13(7-8-17-10)12(3)18-15-6-4-5-14(16)11(15)2/h4-9H,1-3H3/b18-12+. The number of benzene rings is 1. The van der Waals surface area contributed by atoms with Gasteiger partial charge in [0.15, 0.2) is 0 Å². The van der Waals surface area contributed by atoms with Crippen molar-refractivity contribution in [2.45, 2.75) is 20.8 Å². The average Bonchev–Trinajstić information content (AvgIpc) is 2.35. The van der Waals surface area contributed by atoms with Crippen LogP contribution in [0.5, 0.6) is 0 Å². The van der Waals surface area contributed by atoms with Crippen molar-refractivity contribution in [1.82, 2.24) is 4.98 Å². The summed E-state index contributed by atoms with van der Waals surface area (Å²) in [5.74, 6) is 0. The summed E-state index contributed by atoms with van der Waals surface area (Å²) in [4.78, 5) is 8.82. The molecule has 1 aromatic heterocycles. The van der Waals surface area contributed by atoms with E-state index in [0.29, 0.717) is 0 Å². The zero-order chi connectivity index (χ0) is 13.1. The average molecular weight is 259 g/mol. The molecule has 0 atom stereocenters. The van der Waals surface area contributed by atoms with Crippen molar-refractivity contribution < 1.29 is 0 Å². The van der Waals surface area contributed by atoms with E-state index in [1.54, 1.807) is 6.20 Å². The summed E-state index contributed by atoms with van der Waals surface area (Å²) in [6.07, 6.45) is 1.80. The Kier molecular flexibility index (Phi) is 3.78. The summed E-state index contributed by atoms with van der Waals surface area (Å²) in [6.45, 7) is 5.95. The van der Waals surface area contributed by atoms with Gasteiger partial charge in [0.1, 0.15) is 0 Å². The molecule has 0 unspecified atom stereocenters. The zero-order valence-electron chi connectivity index (χ0n) is 10.7. The van der Waals surface area contributed by atoms with Crippen LogP contribution >= 0.6 is 11.6 Å². The van der Waals surface area contributed by atoms with Crippen molar-refractivity contribution in [3.8, 4) is 0 Å². The molecule has 0 aliphatic heterocycles. The number of hydrogen-bond acceptors (Lipinski definition) is 2. The summed E-state index contributed by atoms with van der Waals surface area (Å²) in [6, 6.07) is 9.75. The van der Waals surface area contributed by atoms with Crippen LogP contribution in [0.4, 0.5) is 5.69 Å². The lowest BCUT2D eigenvalue weighted by Crippen LogP contribution is -1.96. The topological polar surface area (TPSA) is 25.2 Å². The number of hydrogen-bond donors (Lipinski definition) is 0. The molecule has 1 heterocycles. The van der Waals surface area contributed by atoms with E-state index in [1.807, 2.05) is 51.1 Å². The summed E-state index contributed by atoms with van der Waals surface area (Å²) in [5.41, 5.74) is 4.95. The first kappa shape index (κ1) is 12.8. The van der Waals surface area contributed by atoms with Crippen molar-refractivity contribution in [3.05, 3.63) is 58.4 Å². The van der Waals surface area contributed by atoms with Crippen LogP contribution in [0.15, 0.2) is 41.5 Å². The van der Waals surface area contributed by atoms with Crippen molar-refractivity contribution >= 4 is 23.0 Å². The highest BCUT2D eigenvalue weighted by molar-refractivity contribution is 6.31. The molecule has 18 heavy (non-hydrogen) atoms. The van der Waals surface area contributed by atoms with E-state index in [9.17, 15) is 0 Å². The van der Waals surface area contributed by atoms with Crippen LogP contribution in [0.2, 0.25) is 5.02 Å². The third kappa shape index (κ3) is 2.77.